The molecule has 0 N–H and O–H groups in total. The summed E-state index contributed by atoms with van der Waals surface area (Å²) >= 11 is 1.78. The van der Waals surface area contributed by atoms with Crippen LogP contribution in [0.1, 0.15) is 11.1 Å². The number of piperazine rings is 2. The van der Waals surface area contributed by atoms with Crippen LogP contribution in [0, 0.1) is 11.3 Å². The minimum Gasteiger partial charge on any atom is -0.369 e. The second-order valence-electron chi connectivity index (χ2n) is 8.20. The average Bonchev–Trinajstić information content (AvgIpc) is 2.80. The molecule has 0 unspecified atom stereocenters. The molecule has 2 aromatic rings. The first-order valence-corrected chi connectivity index (χ1v) is 12.0. The number of likely N-dealkylation sites (N-methyl/N-ethyl adjacent to an activating group) is 1. The van der Waals surface area contributed by atoms with Crippen LogP contribution in [-0.4, -0.2) is 75.5 Å². The van der Waals surface area contributed by atoms with Gasteiger partial charge in [0.2, 0.25) is 0 Å². The van der Waals surface area contributed by atoms with Crippen molar-refractivity contribution in [2.75, 3.05) is 75.5 Å². The minimum absolute atomic E-state index is 0.808. The molecule has 0 aromatic heterocycles. The van der Waals surface area contributed by atoms with E-state index in [9.17, 15) is 5.26 Å². The maximum atomic E-state index is 9.62. The minimum atomic E-state index is 0.808. The molecule has 0 bridgehead atoms. The normalized spacial score (nSPS) is 18.4. The number of nitrogens with zero attached hydrogens (tertiary/aromatic N) is 5. The van der Waals surface area contributed by atoms with Crippen LogP contribution in [0.25, 0.3) is 0 Å². The van der Waals surface area contributed by atoms with Gasteiger partial charge in [-0.05, 0) is 61.3 Å². The summed E-state index contributed by atoms with van der Waals surface area (Å²) in [6.45, 7) is 9.24. The molecule has 0 aliphatic carbocycles. The van der Waals surface area contributed by atoms with E-state index in [-0.39, 0.29) is 0 Å². The van der Waals surface area contributed by atoms with E-state index in [2.05, 4.69) is 75.4 Å². The Kier molecular flexibility index (Phi) is 6.83. The van der Waals surface area contributed by atoms with E-state index in [4.69, 9.17) is 0 Å². The molecule has 2 saturated heterocycles. The van der Waals surface area contributed by atoms with Gasteiger partial charge in [-0.3, -0.25) is 4.90 Å². The zero-order chi connectivity index (χ0) is 20.9. The van der Waals surface area contributed by atoms with Gasteiger partial charge in [-0.25, -0.2) is 0 Å². The third-order valence-electron chi connectivity index (χ3n) is 6.28. The van der Waals surface area contributed by atoms with E-state index in [0.29, 0.717) is 0 Å². The number of anilines is 2. The van der Waals surface area contributed by atoms with Crippen LogP contribution >= 0.6 is 11.8 Å². The summed E-state index contributed by atoms with van der Waals surface area (Å²) in [6, 6.07) is 17.6. The van der Waals surface area contributed by atoms with E-state index >= 15 is 0 Å². The van der Waals surface area contributed by atoms with Crippen molar-refractivity contribution in [3.8, 4) is 6.07 Å². The van der Waals surface area contributed by atoms with Crippen LogP contribution in [0.4, 0.5) is 11.4 Å². The molecule has 0 amide bonds. The Morgan fingerprint density at radius 2 is 1.43 bits per heavy atom. The Hall–Kier alpha value is -2.20. The third-order valence-corrected chi connectivity index (χ3v) is 7.03. The Bertz CT molecular complexity index is 875. The van der Waals surface area contributed by atoms with Gasteiger partial charge in [-0.2, -0.15) is 5.26 Å². The summed E-state index contributed by atoms with van der Waals surface area (Å²) in [7, 11) is 2.18. The van der Waals surface area contributed by atoms with E-state index in [1.807, 2.05) is 6.07 Å². The highest BCUT2D eigenvalue weighted by atomic mass is 32.2. The quantitative estimate of drug-likeness (QED) is 0.689. The first-order chi connectivity index (χ1) is 14.7. The first kappa shape index (κ1) is 21.0. The van der Waals surface area contributed by atoms with Crippen molar-refractivity contribution >= 4 is 23.1 Å². The lowest BCUT2D eigenvalue weighted by Crippen LogP contribution is -2.46. The van der Waals surface area contributed by atoms with Crippen molar-refractivity contribution in [1.29, 1.82) is 5.26 Å². The largest absolute Gasteiger partial charge is 0.369 e. The van der Waals surface area contributed by atoms with Crippen LogP contribution in [0.2, 0.25) is 0 Å². The summed E-state index contributed by atoms with van der Waals surface area (Å²) in [5.74, 6) is 0. The fourth-order valence-corrected chi connectivity index (χ4v) is 4.69. The van der Waals surface area contributed by atoms with Crippen LogP contribution < -0.4 is 9.80 Å². The van der Waals surface area contributed by atoms with Gasteiger partial charge < -0.3 is 14.7 Å². The number of nitriles is 1. The Morgan fingerprint density at radius 3 is 2.07 bits per heavy atom. The highest BCUT2D eigenvalue weighted by molar-refractivity contribution is 7.98. The second-order valence-corrected chi connectivity index (χ2v) is 9.08. The van der Waals surface area contributed by atoms with Crippen LogP contribution in [0.5, 0.6) is 0 Å². The van der Waals surface area contributed by atoms with Crippen LogP contribution in [-0.2, 0) is 6.54 Å². The molecule has 30 heavy (non-hydrogen) atoms. The monoisotopic (exact) mass is 421 g/mol. The molecule has 5 nitrogen and oxygen atoms in total. The van der Waals surface area contributed by atoms with Gasteiger partial charge in [-0.15, -0.1) is 11.8 Å². The van der Waals surface area contributed by atoms with Gasteiger partial charge in [-0.1, -0.05) is 0 Å². The number of benzene rings is 2. The van der Waals surface area contributed by atoms with Gasteiger partial charge in [0.05, 0.1) is 11.6 Å². The Morgan fingerprint density at radius 1 is 0.833 bits per heavy atom. The third kappa shape index (κ3) is 4.92. The van der Waals surface area contributed by atoms with Crippen LogP contribution in [0.15, 0.2) is 47.4 Å². The average molecular weight is 422 g/mol. The van der Waals surface area contributed by atoms with Gasteiger partial charge in [0.1, 0.15) is 0 Å². The number of hydrogen-bond donors (Lipinski definition) is 0. The Labute approximate surface area is 184 Å². The molecule has 158 valence electrons. The standard InChI is InChI=1S/C24H31N5S/c1-26-9-13-29(14-10-26)23-4-3-20(18-25)21(17-23)19-27-11-15-28(16-12-27)22-5-7-24(30-2)8-6-22/h3-8,17H,9-16,19H2,1-2H3. The lowest BCUT2D eigenvalue weighted by atomic mass is 10.1. The van der Waals surface area contributed by atoms with E-state index < -0.39 is 0 Å². The molecule has 6 heteroatoms. The molecule has 4 rings (SSSR count). The van der Waals surface area contributed by atoms with Crippen LogP contribution in [0.3, 0.4) is 0 Å². The van der Waals surface area contributed by atoms with Gasteiger partial charge in [0.25, 0.3) is 0 Å². The van der Waals surface area contributed by atoms with Crippen molar-refractivity contribution in [2.24, 2.45) is 0 Å². The summed E-state index contributed by atoms with van der Waals surface area (Å²) < 4.78 is 0. The van der Waals surface area contributed by atoms with E-state index in [1.165, 1.54) is 16.3 Å². The lowest BCUT2D eigenvalue weighted by Gasteiger charge is -2.37. The maximum Gasteiger partial charge on any atom is 0.0995 e. The first-order valence-electron chi connectivity index (χ1n) is 10.7. The molecule has 0 saturated carbocycles. The topological polar surface area (TPSA) is 36.8 Å². The molecular formula is C24H31N5S. The number of thioether (sulfide) groups is 1. The number of rotatable bonds is 5. The molecule has 2 fully saturated rings. The van der Waals surface area contributed by atoms with Crippen molar-refractivity contribution in [1.82, 2.24) is 9.80 Å². The fraction of sp³-hybridized carbons (Fsp3) is 0.458. The van der Waals surface area contributed by atoms with Crippen molar-refractivity contribution in [3.05, 3.63) is 53.6 Å². The SMILES string of the molecule is CSc1ccc(N2CCN(Cc3cc(N4CCN(C)CC4)ccc3C#N)CC2)cc1. The zero-order valence-corrected chi connectivity index (χ0v) is 18.9. The summed E-state index contributed by atoms with van der Waals surface area (Å²) in [5, 5.41) is 9.62. The molecule has 2 aliphatic heterocycles. The molecule has 2 aliphatic rings. The second kappa shape index (κ2) is 9.74. The molecule has 0 spiro atoms. The summed E-state index contributed by atoms with van der Waals surface area (Å²) in [5.41, 5.74) is 4.53. The lowest BCUT2D eigenvalue weighted by molar-refractivity contribution is 0.249. The Balaban J connectivity index is 1.39. The number of hydrogen-bond acceptors (Lipinski definition) is 6. The predicted octanol–water partition coefficient (Wildman–Crippen LogP) is 3.35. The smallest absolute Gasteiger partial charge is 0.0995 e. The van der Waals surface area contributed by atoms with E-state index in [1.54, 1.807) is 11.8 Å². The van der Waals surface area contributed by atoms with Gasteiger partial charge >= 0.3 is 0 Å². The fourth-order valence-electron chi connectivity index (χ4n) is 4.28. The van der Waals surface area contributed by atoms with Crippen molar-refractivity contribution in [2.45, 2.75) is 11.4 Å². The highest BCUT2D eigenvalue weighted by Gasteiger charge is 2.20. The highest BCUT2D eigenvalue weighted by Crippen LogP contribution is 2.24. The van der Waals surface area contributed by atoms with Gasteiger partial charge in [0.15, 0.2) is 0 Å². The van der Waals surface area contributed by atoms with E-state index in [0.717, 1.165) is 70.0 Å². The molecule has 0 radical (unpaired) electrons. The molecule has 2 heterocycles. The molecular weight excluding hydrogens is 390 g/mol. The predicted molar refractivity (Wildman–Crippen MR) is 127 cm³/mol. The molecule has 2 aromatic carbocycles. The van der Waals surface area contributed by atoms with Crippen molar-refractivity contribution in [3.63, 3.8) is 0 Å². The zero-order valence-electron chi connectivity index (χ0n) is 18.0. The maximum absolute atomic E-state index is 9.62. The molecule has 0 atom stereocenters. The van der Waals surface area contributed by atoms with Gasteiger partial charge in [0, 0.05) is 75.2 Å². The van der Waals surface area contributed by atoms with Crippen molar-refractivity contribution < 1.29 is 0 Å². The summed E-state index contributed by atoms with van der Waals surface area (Å²) in [4.78, 5) is 11.1. The summed E-state index contributed by atoms with van der Waals surface area (Å²) in [6.07, 6.45) is 2.11.